The van der Waals surface area contributed by atoms with Gasteiger partial charge in [0.05, 0.1) is 25.8 Å². The molecule has 0 spiro atoms. The van der Waals surface area contributed by atoms with E-state index < -0.39 is 11.9 Å². The van der Waals surface area contributed by atoms with Crippen molar-refractivity contribution in [3.05, 3.63) is 35.9 Å². The summed E-state index contributed by atoms with van der Waals surface area (Å²) in [4.78, 5) is 17.9. The zero-order valence-electron chi connectivity index (χ0n) is 14.6. The monoisotopic (exact) mass is 335 g/mol. The molecule has 2 heterocycles. The summed E-state index contributed by atoms with van der Waals surface area (Å²) in [5.74, 6) is -0.976. The molecular weight excluding hydrogens is 310 g/mol. The van der Waals surface area contributed by atoms with Gasteiger partial charge in [-0.05, 0) is 26.3 Å². The third-order valence-electron chi connectivity index (χ3n) is 4.62. The van der Waals surface area contributed by atoms with E-state index in [-0.39, 0.29) is 24.2 Å². The first-order chi connectivity index (χ1) is 11.4. The van der Waals surface area contributed by atoms with E-state index in [1.807, 2.05) is 49.2 Å². The van der Waals surface area contributed by atoms with Gasteiger partial charge in [-0.15, -0.1) is 0 Å². The number of carbonyl (C=O) groups is 1. The number of hydrogen-bond acceptors (Lipinski definition) is 6. The number of rotatable bonds is 4. The molecule has 0 aromatic heterocycles. The number of esters is 1. The van der Waals surface area contributed by atoms with E-state index in [1.165, 1.54) is 7.11 Å². The van der Waals surface area contributed by atoms with Gasteiger partial charge in [0, 0.05) is 6.42 Å². The maximum absolute atomic E-state index is 12.0. The van der Waals surface area contributed by atoms with Crippen LogP contribution >= 0.6 is 0 Å². The van der Waals surface area contributed by atoms with Crippen LogP contribution in [0.1, 0.15) is 38.8 Å². The van der Waals surface area contributed by atoms with Crippen LogP contribution in [0.3, 0.4) is 0 Å². The van der Waals surface area contributed by atoms with Gasteiger partial charge in [-0.1, -0.05) is 30.3 Å². The molecule has 2 aliphatic heterocycles. The van der Waals surface area contributed by atoms with E-state index in [1.54, 1.807) is 0 Å². The highest BCUT2D eigenvalue weighted by Crippen LogP contribution is 2.37. The Kier molecular flexibility index (Phi) is 4.92. The highest BCUT2D eigenvalue weighted by molar-refractivity contribution is 5.74. The molecule has 24 heavy (non-hydrogen) atoms. The van der Waals surface area contributed by atoms with Gasteiger partial charge in [0.15, 0.2) is 11.9 Å². The summed E-state index contributed by atoms with van der Waals surface area (Å²) >= 11 is 0. The Bertz CT molecular complexity index is 576. The van der Waals surface area contributed by atoms with Crippen LogP contribution in [-0.2, 0) is 23.8 Å². The first kappa shape index (κ1) is 17.4. The molecule has 6 nitrogen and oxygen atoms in total. The highest BCUT2D eigenvalue weighted by atomic mass is 16.8. The van der Waals surface area contributed by atoms with Gasteiger partial charge >= 0.3 is 5.97 Å². The average molecular weight is 335 g/mol. The van der Waals surface area contributed by atoms with E-state index >= 15 is 0 Å². The SMILES string of the molecule is COC(=O)[C@@H]1C[C@@H]([C@H]2COC(C)(C)O2)N([C@@H](C)c2ccccc2)O1. The largest absolute Gasteiger partial charge is 0.467 e. The lowest BCUT2D eigenvalue weighted by Gasteiger charge is -2.32. The van der Waals surface area contributed by atoms with Crippen LogP contribution in [0.25, 0.3) is 0 Å². The fourth-order valence-corrected chi connectivity index (χ4v) is 3.34. The predicted molar refractivity (Wildman–Crippen MR) is 86.9 cm³/mol. The molecule has 0 amide bonds. The van der Waals surface area contributed by atoms with Gasteiger partial charge in [-0.2, -0.15) is 5.06 Å². The highest BCUT2D eigenvalue weighted by Gasteiger charge is 2.48. The van der Waals surface area contributed by atoms with E-state index in [0.29, 0.717) is 13.0 Å². The third-order valence-corrected chi connectivity index (χ3v) is 4.62. The summed E-state index contributed by atoms with van der Waals surface area (Å²) in [5, 5.41) is 1.87. The lowest BCUT2D eigenvalue weighted by Crippen LogP contribution is -2.41. The van der Waals surface area contributed by atoms with Crippen molar-refractivity contribution in [2.75, 3.05) is 13.7 Å². The molecule has 2 aliphatic rings. The fourth-order valence-electron chi connectivity index (χ4n) is 3.34. The molecule has 1 aromatic rings. The summed E-state index contributed by atoms with van der Waals surface area (Å²) < 4.78 is 16.6. The van der Waals surface area contributed by atoms with Gasteiger partial charge < -0.3 is 14.2 Å². The quantitative estimate of drug-likeness (QED) is 0.788. The second kappa shape index (κ2) is 6.80. The average Bonchev–Trinajstić information content (AvgIpc) is 3.17. The lowest BCUT2D eigenvalue weighted by atomic mass is 10.0. The normalized spacial score (nSPS) is 31.1. The molecule has 132 valence electrons. The van der Waals surface area contributed by atoms with Crippen molar-refractivity contribution in [1.82, 2.24) is 5.06 Å². The van der Waals surface area contributed by atoms with Gasteiger partial charge in [-0.3, -0.25) is 4.84 Å². The summed E-state index contributed by atoms with van der Waals surface area (Å²) in [6.07, 6.45) is -0.243. The molecule has 0 saturated carbocycles. The Morgan fingerprint density at radius 1 is 1.33 bits per heavy atom. The molecule has 4 atom stereocenters. The molecule has 6 heteroatoms. The summed E-state index contributed by atoms with van der Waals surface area (Å²) in [7, 11) is 1.38. The topological polar surface area (TPSA) is 57.2 Å². The Hall–Kier alpha value is -1.47. The summed E-state index contributed by atoms with van der Waals surface area (Å²) in [6, 6.07) is 9.97. The van der Waals surface area contributed by atoms with Gasteiger partial charge in [0.25, 0.3) is 0 Å². The van der Waals surface area contributed by atoms with Crippen LogP contribution in [0.2, 0.25) is 0 Å². The second-order valence-corrected chi connectivity index (χ2v) is 6.73. The van der Waals surface area contributed by atoms with Crippen LogP contribution in [0.4, 0.5) is 0 Å². The smallest absolute Gasteiger partial charge is 0.337 e. The van der Waals surface area contributed by atoms with Crippen molar-refractivity contribution < 1.29 is 23.8 Å². The van der Waals surface area contributed by atoms with Crippen molar-refractivity contribution in [3.8, 4) is 0 Å². The number of hydroxylamine groups is 2. The minimum Gasteiger partial charge on any atom is -0.467 e. The van der Waals surface area contributed by atoms with E-state index in [2.05, 4.69) is 6.92 Å². The molecule has 2 saturated heterocycles. The lowest BCUT2D eigenvalue weighted by molar-refractivity contribution is -0.216. The Balaban J connectivity index is 1.82. The molecule has 0 aliphatic carbocycles. The molecular formula is C18H25NO5. The van der Waals surface area contributed by atoms with E-state index in [4.69, 9.17) is 19.0 Å². The van der Waals surface area contributed by atoms with Gasteiger partial charge in [0.1, 0.15) is 6.10 Å². The zero-order chi connectivity index (χ0) is 17.3. The number of benzene rings is 1. The predicted octanol–water partition coefficient (Wildman–Crippen LogP) is 2.45. The first-order valence-electron chi connectivity index (χ1n) is 8.31. The number of ether oxygens (including phenoxy) is 3. The summed E-state index contributed by atoms with van der Waals surface area (Å²) in [5.41, 5.74) is 1.12. The first-order valence-corrected chi connectivity index (χ1v) is 8.31. The molecule has 0 bridgehead atoms. The number of methoxy groups -OCH3 is 1. The molecule has 3 rings (SSSR count). The van der Waals surface area contributed by atoms with Crippen LogP contribution < -0.4 is 0 Å². The Morgan fingerprint density at radius 3 is 2.62 bits per heavy atom. The fraction of sp³-hybridized carbons (Fsp3) is 0.611. The third kappa shape index (κ3) is 3.47. The van der Waals surface area contributed by atoms with Crippen LogP contribution in [-0.4, -0.2) is 48.8 Å². The molecule has 0 N–H and O–H groups in total. The van der Waals surface area contributed by atoms with Gasteiger partial charge in [-0.25, -0.2) is 4.79 Å². The Morgan fingerprint density at radius 2 is 2.04 bits per heavy atom. The van der Waals surface area contributed by atoms with Crippen molar-refractivity contribution >= 4 is 5.97 Å². The number of nitrogens with zero attached hydrogens (tertiary/aromatic N) is 1. The van der Waals surface area contributed by atoms with E-state index in [9.17, 15) is 4.79 Å². The summed E-state index contributed by atoms with van der Waals surface area (Å²) in [6.45, 7) is 6.33. The minimum absolute atomic E-state index is 0.0156. The minimum atomic E-state index is -0.615. The maximum atomic E-state index is 12.0. The van der Waals surface area contributed by atoms with Crippen LogP contribution in [0, 0.1) is 0 Å². The molecule has 1 aromatic carbocycles. The van der Waals surface area contributed by atoms with Crippen LogP contribution in [0.15, 0.2) is 30.3 Å². The molecule has 0 radical (unpaired) electrons. The van der Waals surface area contributed by atoms with Crippen molar-refractivity contribution in [3.63, 3.8) is 0 Å². The molecule has 2 fully saturated rings. The number of carbonyl (C=O) groups excluding carboxylic acids is 1. The van der Waals surface area contributed by atoms with E-state index in [0.717, 1.165) is 5.56 Å². The molecule has 0 unspecified atom stereocenters. The standard InChI is InChI=1S/C18H25NO5/c1-12(13-8-6-5-7-9-13)19-14(10-15(24-19)17(20)21-4)16-11-22-18(2,3)23-16/h5-9,12,14-16H,10-11H2,1-4H3/t12-,14-,15-,16+/m0/s1. The maximum Gasteiger partial charge on any atom is 0.337 e. The van der Waals surface area contributed by atoms with Crippen molar-refractivity contribution in [2.45, 2.75) is 57.3 Å². The number of hydrogen-bond donors (Lipinski definition) is 0. The second-order valence-electron chi connectivity index (χ2n) is 6.73. The van der Waals surface area contributed by atoms with Crippen molar-refractivity contribution in [2.24, 2.45) is 0 Å². The van der Waals surface area contributed by atoms with Crippen LogP contribution in [0.5, 0.6) is 0 Å². The zero-order valence-corrected chi connectivity index (χ0v) is 14.6. The Labute approximate surface area is 142 Å². The van der Waals surface area contributed by atoms with Crippen molar-refractivity contribution in [1.29, 1.82) is 0 Å². The van der Waals surface area contributed by atoms with Gasteiger partial charge in [0.2, 0.25) is 0 Å².